The van der Waals surface area contributed by atoms with Crippen molar-refractivity contribution in [3.63, 3.8) is 0 Å². The number of ether oxygens (including phenoxy) is 2. The quantitative estimate of drug-likeness (QED) is 0.791. The van der Waals surface area contributed by atoms with Gasteiger partial charge in [0.1, 0.15) is 6.73 Å². The average Bonchev–Trinajstić information content (AvgIpc) is 2.51. The topological polar surface area (TPSA) is 54.9 Å². The first-order valence-electron chi connectivity index (χ1n) is 6.92. The molecule has 0 atom stereocenters. The van der Waals surface area contributed by atoms with Crippen LogP contribution in [0.2, 0.25) is 0 Å². The Labute approximate surface area is 126 Å². The summed E-state index contributed by atoms with van der Waals surface area (Å²) in [5.41, 5.74) is 2.74. The third kappa shape index (κ3) is 4.35. The molecule has 0 saturated carbocycles. The number of hydrogen-bond donors (Lipinski definition) is 2. The Morgan fingerprint density at radius 1 is 1.41 bits per heavy atom. The van der Waals surface area contributed by atoms with Crippen molar-refractivity contribution in [3.05, 3.63) is 29.3 Å². The van der Waals surface area contributed by atoms with E-state index >= 15 is 0 Å². The molecule has 1 aromatic carbocycles. The second-order valence-electron chi connectivity index (χ2n) is 4.59. The molecule has 5 nitrogen and oxygen atoms in total. The number of hydrazone groups is 1. The molecular weight excluding hydrogens is 299 g/mol. The van der Waals surface area contributed by atoms with Gasteiger partial charge in [-0.3, -0.25) is 5.43 Å². The summed E-state index contributed by atoms with van der Waals surface area (Å²) in [5.74, 6) is 0. The fourth-order valence-electron chi connectivity index (χ4n) is 2.02. The van der Waals surface area contributed by atoms with Crippen LogP contribution in [0, 0.1) is 0 Å². The normalized spacial score (nSPS) is 15.2. The van der Waals surface area contributed by atoms with Gasteiger partial charge in [0.05, 0.1) is 24.5 Å². The molecule has 122 valence electrons. The molecule has 1 aliphatic heterocycles. The molecule has 0 aliphatic carbocycles. The van der Waals surface area contributed by atoms with Crippen LogP contribution in [-0.4, -0.2) is 38.8 Å². The molecule has 0 aromatic heterocycles. The predicted molar refractivity (Wildman–Crippen MR) is 76.9 cm³/mol. The van der Waals surface area contributed by atoms with Crippen molar-refractivity contribution in [2.24, 2.45) is 5.10 Å². The molecule has 22 heavy (non-hydrogen) atoms. The van der Waals surface area contributed by atoms with E-state index in [4.69, 9.17) is 9.47 Å². The number of halogens is 3. The van der Waals surface area contributed by atoms with E-state index in [-0.39, 0.29) is 19.0 Å². The van der Waals surface area contributed by atoms with Gasteiger partial charge in [0.25, 0.3) is 0 Å². The summed E-state index contributed by atoms with van der Waals surface area (Å²) in [6.45, 7) is 3.45. The Morgan fingerprint density at radius 3 is 2.86 bits per heavy atom. The highest BCUT2D eigenvalue weighted by Gasteiger charge is 2.34. The van der Waals surface area contributed by atoms with Gasteiger partial charge in [-0.1, -0.05) is 6.07 Å². The molecule has 0 fully saturated rings. The number of anilines is 1. The smallest absolute Gasteiger partial charge is 0.382 e. The first-order valence-corrected chi connectivity index (χ1v) is 6.92. The minimum absolute atomic E-state index is 0.0289. The number of rotatable bonds is 6. The van der Waals surface area contributed by atoms with Crippen molar-refractivity contribution in [2.75, 3.05) is 38.4 Å². The average molecular weight is 317 g/mol. The van der Waals surface area contributed by atoms with E-state index in [1.807, 2.05) is 6.92 Å². The molecular formula is C14H18F3N3O2. The van der Waals surface area contributed by atoms with Crippen molar-refractivity contribution < 1.29 is 22.6 Å². The molecule has 2 N–H and O–H groups in total. The molecule has 0 radical (unpaired) electrons. The first-order chi connectivity index (χ1) is 10.5. The van der Waals surface area contributed by atoms with Crippen LogP contribution in [0.3, 0.4) is 0 Å². The van der Waals surface area contributed by atoms with Crippen LogP contribution in [0.15, 0.2) is 23.3 Å². The summed E-state index contributed by atoms with van der Waals surface area (Å²) in [6.07, 6.45) is -4.45. The van der Waals surface area contributed by atoms with Gasteiger partial charge in [-0.15, -0.1) is 0 Å². The summed E-state index contributed by atoms with van der Waals surface area (Å²) < 4.78 is 49.9. The van der Waals surface area contributed by atoms with Crippen molar-refractivity contribution in [2.45, 2.75) is 13.1 Å². The molecule has 0 bridgehead atoms. The van der Waals surface area contributed by atoms with Crippen molar-refractivity contribution in [3.8, 4) is 0 Å². The number of nitrogens with one attached hydrogen (secondary N) is 2. The van der Waals surface area contributed by atoms with Crippen molar-refractivity contribution in [1.29, 1.82) is 0 Å². The monoisotopic (exact) mass is 317 g/mol. The lowest BCUT2D eigenvalue weighted by Crippen LogP contribution is -2.26. The van der Waals surface area contributed by atoms with Gasteiger partial charge in [-0.2, -0.15) is 18.3 Å². The summed E-state index contributed by atoms with van der Waals surface area (Å²) in [6, 6.07) is 4.08. The fraction of sp³-hybridized carbons (Fsp3) is 0.500. The maximum Gasteiger partial charge on any atom is 0.418 e. The molecule has 0 amide bonds. The van der Waals surface area contributed by atoms with Crippen LogP contribution >= 0.6 is 0 Å². The molecule has 0 saturated heterocycles. The lowest BCUT2D eigenvalue weighted by atomic mass is 10.0. The number of nitrogens with zero attached hydrogens (tertiary/aromatic N) is 1. The summed E-state index contributed by atoms with van der Waals surface area (Å²) in [4.78, 5) is 0. The Morgan fingerprint density at radius 2 is 2.23 bits per heavy atom. The van der Waals surface area contributed by atoms with Crippen LogP contribution < -0.4 is 10.7 Å². The Hall–Kier alpha value is -1.80. The summed E-state index contributed by atoms with van der Waals surface area (Å²) in [7, 11) is 0. The van der Waals surface area contributed by atoms with E-state index in [0.717, 1.165) is 6.07 Å². The van der Waals surface area contributed by atoms with Gasteiger partial charge in [-0.05, 0) is 19.1 Å². The minimum atomic E-state index is -4.45. The highest BCUT2D eigenvalue weighted by Crippen LogP contribution is 2.35. The van der Waals surface area contributed by atoms with Crippen LogP contribution in [-0.2, 0) is 15.7 Å². The molecule has 2 rings (SSSR count). The zero-order valence-corrected chi connectivity index (χ0v) is 12.2. The predicted octanol–water partition coefficient (Wildman–Crippen LogP) is 2.44. The van der Waals surface area contributed by atoms with Gasteiger partial charge in [0.15, 0.2) is 0 Å². The Bertz CT molecular complexity index is 533. The van der Waals surface area contributed by atoms with Gasteiger partial charge in [-0.25, -0.2) is 0 Å². The third-order valence-corrected chi connectivity index (χ3v) is 3.04. The van der Waals surface area contributed by atoms with Crippen molar-refractivity contribution >= 4 is 11.4 Å². The number of alkyl halides is 3. The highest BCUT2D eigenvalue weighted by atomic mass is 19.4. The maximum absolute atomic E-state index is 13.2. The second kappa shape index (κ2) is 7.46. The minimum Gasteiger partial charge on any atom is -0.382 e. The molecule has 0 spiro atoms. The van der Waals surface area contributed by atoms with E-state index < -0.39 is 11.7 Å². The zero-order chi connectivity index (χ0) is 16.0. The first kappa shape index (κ1) is 16.6. The largest absolute Gasteiger partial charge is 0.418 e. The van der Waals surface area contributed by atoms with Crippen LogP contribution in [0.1, 0.15) is 18.1 Å². The summed E-state index contributed by atoms with van der Waals surface area (Å²) >= 11 is 0. The third-order valence-electron chi connectivity index (χ3n) is 3.04. The molecule has 1 heterocycles. The maximum atomic E-state index is 13.2. The molecule has 1 aromatic rings. The van der Waals surface area contributed by atoms with E-state index in [2.05, 4.69) is 15.8 Å². The molecule has 0 unspecified atom stereocenters. The number of benzene rings is 1. The Balaban J connectivity index is 2.21. The van der Waals surface area contributed by atoms with Crippen molar-refractivity contribution in [1.82, 2.24) is 5.43 Å². The Kier molecular flexibility index (Phi) is 5.62. The SMILES string of the molecule is CCOCCNc1ccc(C2=NNCOC2)cc1C(F)(F)F. The fourth-order valence-corrected chi connectivity index (χ4v) is 2.02. The van der Waals surface area contributed by atoms with Gasteiger partial charge in [0, 0.05) is 24.4 Å². The second-order valence-corrected chi connectivity index (χ2v) is 4.59. The highest BCUT2D eigenvalue weighted by molar-refractivity contribution is 6.02. The molecule has 1 aliphatic rings. The number of hydrogen-bond acceptors (Lipinski definition) is 5. The standard InChI is InChI=1S/C14H18F3N3O2/c1-2-21-6-5-18-12-4-3-10(7-11(12)14(15,16)17)13-8-22-9-19-20-13/h3-4,7,18-19H,2,5-6,8-9H2,1H3. The zero-order valence-electron chi connectivity index (χ0n) is 12.2. The van der Waals surface area contributed by atoms with Crippen LogP contribution in [0.4, 0.5) is 18.9 Å². The van der Waals surface area contributed by atoms with E-state index in [9.17, 15) is 13.2 Å². The van der Waals surface area contributed by atoms with E-state index in [1.165, 1.54) is 6.07 Å². The van der Waals surface area contributed by atoms with Crippen LogP contribution in [0.25, 0.3) is 0 Å². The summed E-state index contributed by atoms with van der Waals surface area (Å²) in [5, 5.41) is 6.73. The van der Waals surface area contributed by atoms with Gasteiger partial charge >= 0.3 is 6.18 Å². The lowest BCUT2D eigenvalue weighted by molar-refractivity contribution is -0.137. The van der Waals surface area contributed by atoms with Crippen LogP contribution in [0.5, 0.6) is 0 Å². The van der Waals surface area contributed by atoms with E-state index in [0.29, 0.717) is 31.0 Å². The van der Waals surface area contributed by atoms with E-state index in [1.54, 1.807) is 6.07 Å². The lowest BCUT2D eigenvalue weighted by Gasteiger charge is -2.18. The molecule has 8 heteroatoms. The van der Waals surface area contributed by atoms with Gasteiger partial charge in [0.2, 0.25) is 0 Å². The van der Waals surface area contributed by atoms with Gasteiger partial charge < -0.3 is 14.8 Å².